The SMILES string of the molecule is Cc1cc(C(=O)OCc2ccccc2)cc(C(=O)OCc2ccccc2)[nH+]1.[I-]. The average Bonchev–Trinajstić information content (AvgIpc) is 2.71. The molecule has 0 saturated carbocycles. The molecular weight excluding hydrogens is 469 g/mol. The second kappa shape index (κ2) is 10.6. The van der Waals surface area contributed by atoms with Crippen molar-refractivity contribution < 1.29 is 48.0 Å². The molecule has 6 heteroatoms. The van der Waals surface area contributed by atoms with Crippen molar-refractivity contribution in [3.05, 3.63) is 101 Å². The first-order chi connectivity index (χ1) is 13.1. The molecule has 0 saturated heterocycles. The van der Waals surface area contributed by atoms with Crippen LogP contribution in [0.5, 0.6) is 0 Å². The largest absolute Gasteiger partial charge is 1.00 e. The van der Waals surface area contributed by atoms with Crippen molar-refractivity contribution in [2.45, 2.75) is 20.1 Å². The van der Waals surface area contributed by atoms with Gasteiger partial charge < -0.3 is 33.5 Å². The van der Waals surface area contributed by atoms with Crippen molar-refractivity contribution >= 4 is 11.9 Å². The zero-order chi connectivity index (χ0) is 19.1. The lowest BCUT2D eigenvalue weighted by molar-refractivity contribution is -0.393. The number of pyridine rings is 1. The standard InChI is InChI=1S/C22H19NO4.HI/c1-16-12-19(21(24)26-14-17-8-4-2-5-9-17)13-20(23-16)22(25)27-15-18-10-6-3-7-11-18;/h2-13H,14-15H2,1H3;1H. The number of carbonyl (C=O) groups is 2. The maximum absolute atomic E-state index is 12.3. The molecule has 0 atom stereocenters. The minimum absolute atomic E-state index is 0. The average molecular weight is 489 g/mol. The summed E-state index contributed by atoms with van der Waals surface area (Å²) in [4.78, 5) is 27.6. The minimum atomic E-state index is -0.528. The molecule has 0 amide bonds. The molecule has 0 aliphatic rings. The fraction of sp³-hybridized carbons (Fsp3) is 0.136. The molecule has 3 aromatic rings. The van der Waals surface area contributed by atoms with Gasteiger partial charge in [-0.1, -0.05) is 60.7 Å². The van der Waals surface area contributed by atoms with Gasteiger partial charge in [-0.25, -0.2) is 14.6 Å². The lowest BCUT2D eigenvalue weighted by Crippen LogP contribution is -3.00. The topological polar surface area (TPSA) is 66.7 Å². The number of rotatable bonds is 6. The van der Waals surface area contributed by atoms with E-state index in [2.05, 4.69) is 4.98 Å². The highest BCUT2D eigenvalue weighted by atomic mass is 127. The molecule has 0 unspecified atom stereocenters. The van der Waals surface area contributed by atoms with Crippen molar-refractivity contribution in [1.29, 1.82) is 0 Å². The summed E-state index contributed by atoms with van der Waals surface area (Å²) in [6.45, 7) is 2.10. The van der Waals surface area contributed by atoms with Crippen LogP contribution in [0.1, 0.15) is 37.7 Å². The first kappa shape index (κ1) is 21.6. The van der Waals surface area contributed by atoms with Crippen LogP contribution in [0.3, 0.4) is 0 Å². The van der Waals surface area contributed by atoms with Crippen LogP contribution in [0.4, 0.5) is 0 Å². The molecule has 0 aliphatic carbocycles. The molecule has 1 heterocycles. The fourth-order valence-corrected chi connectivity index (χ4v) is 2.55. The minimum Gasteiger partial charge on any atom is -1.00 e. The quantitative estimate of drug-likeness (QED) is 0.375. The van der Waals surface area contributed by atoms with Gasteiger partial charge in [-0.05, 0) is 11.1 Å². The monoisotopic (exact) mass is 489 g/mol. The lowest BCUT2D eigenvalue weighted by atomic mass is 10.2. The number of aromatic amines is 1. The van der Waals surface area contributed by atoms with E-state index in [0.29, 0.717) is 11.3 Å². The summed E-state index contributed by atoms with van der Waals surface area (Å²) in [7, 11) is 0. The number of hydrogen-bond acceptors (Lipinski definition) is 4. The zero-order valence-corrected chi connectivity index (χ0v) is 17.5. The van der Waals surface area contributed by atoms with Gasteiger partial charge in [0.25, 0.3) is 5.69 Å². The van der Waals surface area contributed by atoms with Gasteiger partial charge in [-0.15, -0.1) is 0 Å². The number of ether oxygens (including phenoxy) is 2. The Balaban J connectivity index is 0.00000280. The molecule has 2 aromatic carbocycles. The third-order valence-electron chi connectivity index (χ3n) is 3.88. The van der Waals surface area contributed by atoms with Crippen LogP contribution in [0, 0.1) is 6.92 Å². The highest BCUT2D eigenvalue weighted by molar-refractivity contribution is 5.93. The van der Waals surface area contributed by atoms with Gasteiger partial charge in [0.1, 0.15) is 13.2 Å². The van der Waals surface area contributed by atoms with Crippen LogP contribution in [-0.2, 0) is 22.7 Å². The summed E-state index contributed by atoms with van der Waals surface area (Å²) in [5.41, 5.74) is 2.95. The van der Waals surface area contributed by atoms with Crippen LogP contribution >= 0.6 is 0 Å². The Bertz CT molecular complexity index is 856. The summed E-state index contributed by atoms with van der Waals surface area (Å²) >= 11 is 0. The Morgan fingerprint density at radius 3 is 1.82 bits per heavy atom. The molecule has 0 fully saturated rings. The summed E-state index contributed by atoms with van der Waals surface area (Å²) in [6, 6.07) is 21.9. The molecule has 0 radical (unpaired) electrons. The van der Waals surface area contributed by atoms with E-state index in [9.17, 15) is 9.59 Å². The Hall–Kier alpha value is -2.74. The maximum Gasteiger partial charge on any atom is 0.403 e. The number of benzene rings is 2. The maximum atomic E-state index is 12.3. The van der Waals surface area contributed by atoms with Crippen LogP contribution in [0.2, 0.25) is 0 Å². The Morgan fingerprint density at radius 1 is 0.786 bits per heavy atom. The first-order valence-corrected chi connectivity index (χ1v) is 8.58. The third kappa shape index (κ3) is 6.16. The fourth-order valence-electron chi connectivity index (χ4n) is 2.55. The Morgan fingerprint density at radius 2 is 1.29 bits per heavy atom. The predicted molar refractivity (Wildman–Crippen MR) is 98.9 cm³/mol. The smallest absolute Gasteiger partial charge is 0.403 e. The molecule has 0 spiro atoms. The van der Waals surface area contributed by atoms with E-state index in [1.54, 1.807) is 13.0 Å². The van der Waals surface area contributed by atoms with E-state index < -0.39 is 11.9 Å². The van der Waals surface area contributed by atoms with E-state index in [-0.39, 0.29) is 42.9 Å². The van der Waals surface area contributed by atoms with E-state index in [4.69, 9.17) is 9.47 Å². The number of esters is 2. The van der Waals surface area contributed by atoms with Gasteiger partial charge in [0.15, 0.2) is 5.69 Å². The van der Waals surface area contributed by atoms with Crippen molar-refractivity contribution in [2.75, 3.05) is 0 Å². The number of nitrogens with one attached hydrogen (secondary N) is 1. The molecule has 0 bridgehead atoms. The van der Waals surface area contributed by atoms with Crippen LogP contribution in [-0.4, -0.2) is 11.9 Å². The Kier molecular flexibility index (Phi) is 8.13. The van der Waals surface area contributed by atoms with Gasteiger partial charge in [0.05, 0.1) is 5.56 Å². The van der Waals surface area contributed by atoms with E-state index in [0.717, 1.165) is 11.1 Å². The van der Waals surface area contributed by atoms with Crippen molar-refractivity contribution in [1.82, 2.24) is 0 Å². The summed E-state index contributed by atoms with van der Waals surface area (Å²) in [6.07, 6.45) is 0. The van der Waals surface area contributed by atoms with Crippen molar-refractivity contribution in [3.63, 3.8) is 0 Å². The molecule has 0 aliphatic heterocycles. The van der Waals surface area contributed by atoms with Gasteiger partial charge in [-0.3, -0.25) is 0 Å². The van der Waals surface area contributed by atoms with Crippen LogP contribution in [0.25, 0.3) is 0 Å². The summed E-state index contributed by atoms with van der Waals surface area (Å²) < 4.78 is 10.6. The summed E-state index contributed by atoms with van der Waals surface area (Å²) in [5, 5.41) is 0. The molecule has 1 aromatic heterocycles. The number of hydrogen-bond donors (Lipinski definition) is 0. The molecule has 144 valence electrons. The van der Waals surface area contributed by atoms with Gasteiger partial charge in [0.2, 0.25) is 0 Å². The highest BCUT2D eigenvalue weighted by Gasteiger charge is 2.21. The van der Waals surface area contributed by atoms with Crippen LogP contribution in [0.15, 0.2) is 72.8 Å². The number of carbonyl (C=O) groups excluding carboxylic acids is 2. The molecule has 5 nitrogen and oxygen atoms in total. The van der Waals surface area contributed by atoms with E-state index >= 15 is 0 Å². The van der Waals surface area contributed by atoms with E-state index in [1.165, 1.54) is 6.07 Å². The number of aromatic nitrogens is 1. The summed E-state index contributed by atoms with van der Waals surface area (Å²) in [5.74, 6) is -1.02. The van der Waals surface area contributed by atoms with Gasteiger partial charge >= 0.3 is 11.9 Å². The number of aryl methyl sites for hydroxylation is 1. The molecular formula is C22H20INO4. The zero-order valence-electron chi connectivity index (χ0n) is 15.4. The second-order valence-electron chi connectivity index (χ2n) is 6.09. The second-order valence-corrected chi connectivity index (χ2v) is 6.09. The van der Waals surface area contributed by atoms with E-state index in [1.807, 2.05) is 60.7 Å². The van der Waals surface area contributed by atoms with Crippen molar-refractivity contribution in [3.8, 4) is 0 Å². The third-order valence-corrected chi connectivity index (χ3v) is 3.88. The van der Waals surface area contributed by atoms with Crippen molar-refractivity contribution in [2.24, 2.45) is 0 Å². The number of halogens is 1. The lowest BCUT2D eigenvalue weighted by Gasteiger charge is -2.06. The number of H-pyrrole nitrogens is 1. The van der Waals surface area contributed by atoms with Crippen LogP contribution < -0.4 is 29.0 Å². The Labute approximate surface area is 180 Å². The highest BCUT2D eigenvalue weighted by Crippen LogP contribution is 2.09. The van der Waals surface area contributed by atoms with Gasteiger partial charge in [-0.2, -0.15) is 0 Å². The molecule has 28 heavy (non-hydrogen) atoms. The first-order valence-electron chi connectivity index (χ1n) is 8.58. The molecule has 3 rings (SSSR count). The predicted octanol–water partition coefficient (Wildman–Crippen LogP) is 0.527. The van der Waals surface area contributed by atoms with Gasteiger partial charge in [0, 0.05) is 19.1 Å². The normalized spacial score (nSPS) is 9.89. The molecule has 1 N–H and O–H groups in total.